The first-order valence-electron chi connectivity index (χ1n) is 8.14. The Bertz CT molecular complexity index is 374. The summed E-state index contributed by atoms with van der Waals surface area (Å²) in [6.07, 6.45) is 4.52. The number of aryl methyl sites for hydroxylation is 2. The number of thioether (sulfide) groups is 1. The smallest absolute Gasteiger partial charge is 0.0669 e. The SMILES string of the molecule is CCCNCc1c(CC)nn(CCCSCC)c1CC. The van der Waals surface area contributed by atoms with Gasteiger partial charge in [0.25, 0.3) is 0 Å². The summed E-state index contributed by atoms with van der Waals surface area (Å²) in [7, 11) is 0. The molecule has 0 amide bonds. The lowest BCUT2D eigenvalue weighted by molar-refractivity contribution is 0.572. The van der Waals surface area contributed by atoms with Crippen molar-refractivity contribution in [1.29, 1.82) is 0 Å². The van der Waals surface area contributed by atoms with Gasteiger partial charge in [-0.15, -0.1) is 0 Å². The molecule has 0 radical (unpaired) electrons. The van der Waals surface area contributed by atoms with Crippen LogP contribution in [0.15, 0.2) is 0 Å². The summed E-state index contributed by atoms with van der Waals surface area (Å²) in [6.45, 7) is 12.0. The summed E-state index contributed by atoms with van der Waals surface area (Å²) in [6, 6.07) is 0. The zero-order valence-electron chi connectivity index (χ0n) is 13.7. The summed E-state index contributed by atoms with van der Waals surface area (Å²) in [5, 5.41) is 8.38. The van der Waals surface area contributed by atoms with Crippen LogP contribution in [0.4, 0.5) is 0 Å². The Balaban J connectivity index is 2.73. The molecule has 1 aromatic heterocycles. The molecule has 1 heterocycles. The minimum absolute atomic E-state index is 0.976. The second-order valence-electron chi connectivity index (χ2n) is 5.03. The van der Waals surface area contributed by atoms with Crippen LogP contribution < -0.4 is 5.32 Å². The largest absolute Gasteiger partial charge is 0.313 e. The van der Waals surface area contributed by atoms with Crippen LogP contribution in [0, 0.1) is 0 Å². The molecule has 0 aliphatic carbocycles. The fraction of sp³-hybridized carbons (Fsp3) is 0.812. The minimum atomic E-state index is 0.976. The summed E-state index contributed by atoms with van der Waals surface area (Å²) in [4.78, 5) is 0. The van der Waals surface area contributed by atoms with E-state index in [2.05, 4.69) is 37.7 Å². The van der Waals surface area contributed by atoms with Crippen LogP contribution in [0.1, 0.15) is 57.5 Å². The van der Waals surface area contributed by atoms with E-state index in [0.717, 1.165) is 32.5 Å². The molecule has 3 nitrogen and oxygen atoms in total. The topological polar surface area (TPSA) is 29.9 Å². The highest BCUT2D eigenvalue weighted by molar-refractivity contribution is 7.99. The molecule has 0 spiro atoms. The zero-order chi connectivity index (χ0) is 14.8. The predicted octanol–water partition coefficient (Wildman–Crippen LogP) is 3.65. The summed E-state index contributed by atoms with van der Waals surface area (Å²) >= 11 is 2.02. The molecule has 0 unspecified atom stereocenters. The van der Waals surface area contributed by atoms with Crippen molar-refractivity contribution in [2.24, 2.45) is 0 Å². The summed E-state index contributed by atoms with van der Waals surface area (Å²) < 4.78 is 2.26. The monoisotopic (exact) mass is 297 g/mol. The van der Waals surface area contributed by atoms with Gasteiger partial charge >= 0.3 is 0 Å². The van der Waals surface area contributed by atoms with Crippen molar-refractivity contribution in [1.82, 2.24) is 15.1 Å². The molecule has 0 aliphatic rings. The fourth-order valence-electron chi connectivity index (χ4n) is 2.51. The first-order valence-corrected chi connectivity index (χ1v) is 9.29. The van der Waals surface area contributed by atoms with Crippen molar-refractivity contribution >= 4 is 11.8 Å². The lowest BCUT2D eigenvalue weighted by atomic mass is 10.1. The Labute approximate surface area is 128 Å². The number of rotatable bonds is 11. The van der Waals surface area contributed by atoms with Gasteiger partial charge in [-0.05, 0) is 43.7 Å². The summed E-state index contributed by atoms with van der Waals surface area (Å²) in [5.41, 5.74) is 4.17. The van der Waals surface area contributed by atoms with Gasteiger partial charge in [0, 0.05) is 24.3 Å². The number of nitrogens with zero attached hydrogens (tertiary/aromatic N) is 2. The van der Waals surface area contributed by atoms with Crippen LogP contribution in [0.5, 0.6) is 0 Å². The van der Waals surface area contributed by atoms with Crippen LogP contribution in [-0.4, -0.2) is 27.8 Å². The van der Waals surface area contributed by atoms with Gasteiger partial charge in [-0.3, -0.25) is 4.68 Å². The quantitative estimate of drug-likeness (QED) is 0.632. The van der Waals surface area contributed by atoms with Crippen molar-refractivity contribution in [3.05, 3.63) is 17.0 Å². The highest BCUT2D eigenvalue weighted by Gasteiger charge is 2.14. The molecule has 0 saturated heterocycles. The van der Waals surface area contributed by atoms with Crippen LogP contribution >= 0.6 is 11.8 Å². The average Bonchev–Trinajstić information content (AvgIpc) is 2.81. The normalized spacial score (nSPS) is 11.2. The first-order chi connectivity index (χ1) is 9.78. The number of aromatic nitrogens is 2. The predicted molar refractivity (Wildman–Crippen MR) is 90.6 cm³/mol. The molecule has 20 heavy (non-hydrogen) atoms. The molecule has 0 saturated carbocycles. The van der Waals surface area contributed by atoms with E-state index in [-0.39, 0.29) is 0 Å². The van der Waals surface area contributed by atoms with Gasteiger partial charge in [-0.25, -0.2) is 0 Å². The van der Waals surface area contributed by atoms with E-state index in [1.54, 1.807) is 0 Å². The average molecular weight is 298 g/mol. The molecule has 0 atom stereocenters. The lowest BCUT2D eigenvalue weighted by Gasteiger charge is -2.08. The Hall–Kier alpha value is -0.480. The molecule has 4 heteroatoms. The molecule has 0 aromatic carbocycles. The maximum atomic E-state index is 4.84. The molecule has 1 N–H and O–H groups in total. The van der Waals surface area contributed by atoms with Gasteiger partial charge < -0.3 is 5.32 Å². The second kappa shape index (κ2) is 10.3. The number of hydrogen-bond donors (Lipinski definition) is 1. The van der Waals surface area contributed by atoms with Crippen LogP contribution in [0.25, 0.3) is 0 Å². The van der Waals surface area contributed by atoms with E-state index in [1.165, 1.54) is 41.3 Å². The van der Waals surface area contributed by atoms with E-state index in [1.807, 2.05) is 11.8 Å². The van der Waals surface area contributed by atoms with Gasteiger partial charge in [0.1, 0.15) is 0 Å². The van der Waals surface area contributed by atoms with Crippen molar-refractivity contribution in [3.8, 4) is 0 Å². The highest BCUT2D eigenvalue weighted by Crippen LogP contribution is 2.17. The Morgan fingerprint density at radius 1 is 1.15 bits per heavy atom. The maximum Gasteiger partial charge on any atom is 0.0669 e. The standard InChI is InChI=1S/C16H31N3S/c1-5-10-17-13-14-15(6-2)18-19(16(14)7-3)11-9-12-20-8-4/h17H,5-13H2,1-4H3. The van der Waals surface area contributed by atoms with Gasteiger partial charge in [-0.1, -0.05) is 27.7 Å². The van der Waals surface area contributed by atoms with Crippen molar-refractivity contribution in [2.45, 2.75) is 66.5 Å². The van der Waals surface area contributed by atoms with Gasteiger partial charge in [0.2, 0.25) is 0 Å². The summed E-state index contributed by atoms with van der Waals surface area (Å²) in [5.74, 6) is 2.45. The maximum absolute atomic E-state index is 4.84. The van der Waals surface area contributed by atoms with E-state index in [4.69, 9.17) is 5.10 Å². The van der Waals surface area contributed by atoms with E-state index >= 15 is 0 Å². The van der Waals surface area contributed by atoms with Crippen LogP contribution in [0.3, 0.4) is 0 Å². The van der Waals surface area contributed by atoms with Crippen LogP contribution in [-0.2, 0) is 25.9 Å². The fourth-order valence-corrected chi connectivity index (χ4v) is 3.13. The van der Waals surface area contributed by atoms with Gasteiger partial charge in [0.05, 0.1) is 5.69 Å². The molecule has 0 aliphatic heterocycles. The van der Waals surface area contributed by atoms with Gasteiger partial charge in [-0.2, -0.15) is 16.9 Å². The van der Waals surface area contributed by atoms with Gasteiger partial charge in [0.15, 0.2) is 0 Å². The number of nitrogens with one attached hydrogen (secondary N) is 1. The first kappa shape index (κ1) is 17.6. The van der Waals surface area contributed by atoms with E-state index in [0.29, 0.717) is 0 Å². The molecular formula is C16H31N3S. The van der Waals surface area contributed by atoms with Crippen molar-refractivity contribution in [3.63, 3.8) is 0 Å². The Kier molecular flexibility index (Phi) is 9.03. The zero-order valence-corrected chi connectivity index (χ0v) is 14.5. The number of hydrogen-bond acceptors (Lipinski definition) is 3. The van der Waals surface area contributed by atoms with Crippen molar-refractivity contribution in [2.75, 3.05) is 18.1 Å². The minimum Gasteiger partial charge on any atom is -0.313 e. The van der Waals surface area contributed by atoms with E-state index < -0.39 is 0 Å². The third kappa shape index (κ3) is 5.13. The molecular weight excluding hydrogens is 266 g/mol. The molecule has 116 valence electrons. The Morgan fingerprint density at radius 2 is 1.95 bits per heavy atom. The molecule has 0 bridgehead atoms. The van der Waals surface area contributed by atoms with Crippen molar-refractivity contribution < 1.29 is 0 Å². The third-order valence-corrected chi connectivity index (χ3v) is 4.50. The Morgan fingerprint density at radius 3 is 2.55 bits per heavy atom. The molecule has 0 fully saturated rings. The van der Waals surface area contributed by atoms with Crippen LogP contribution in [0.2, 0.25) is 0 Å². The second-order valence-corrected chi connectivity index (χ2v) is 6.42. The van der Waals surface area contributed by atoms with E-state index in [9.17, 15) is 0 Å². The highest BCUT2D eigenvalue weighted by atomic mass is 32.2. The molecule has 1 rings (SSSR count). The molecule has 1 aromatic rings. The lowest BCUT2D eigenvalue weighted by Crippen LogP contribution is -2.16. The third-order valence-electron chi connectivity index (χ3n) is 3.51.